The van der Waals surface area contributed by atoms with E-state index in [0.29, 0.717) is 31.7 Å². The molecule has 0 radical (unpaired) electrons. The van der Waals surface area contributed by atoms with Gasteiger partial charge in [-0.1, -0.05) is 18.2 Å². The fourth-order valence-corrected chi connectivity index (χ4v) is 4.05. The van der Waals surface area contributed by atoms with Gasteiger partial charge in [0.2, 0.25) is 5.91 Å². The molecular formula is C19H26FNO3. The van der Waals surface area contributed by atoms with Crippen molar-refractivity contribution in [1.29, 1.82) is 0 Å². The van der Waals surface area contributed by atoms with Crippen molar-refractivity contribution >= 4 is 5.91 Å². The van der Waals surface area contributed by atoms with E-state index >= 15 is 0 Å². The van der Waals surface area contributed by atoms with Crippen molar-refractivity contribution in [3.05, 3.63) is 35.6 Å². The largest absolute Gasteiger partial charge is 0.393 e. The lowest BCUT2D eigenvalue weighted by molar-refractivity contribution is -0.141. The van der Waals surface area contributed by atoms with Gasteiger partial charge in [-0.25, -0.2) is 4.39 Å². The minimum atomic E-state index is -0.936. The number of halogens is 1. The summed E-state index contributed by atoms with van der Waals surface area (Å²) in [5, 5.41) is 10.3. The van der Waals surface area contributed by atoms with Crippen molar-refractivity contribution < 1.29 is 19.0 Å². The molecule has 2 heterocycles. The average molecular weight is 335 g/mol. The second-order valence-corrected chi connectivity index (χ2v) is 7.41. The number of aliphatic hydroxyl groups excluding tert-OH is 1. The average Bonchev–Trinajstić information content (AvgIpc) is 3.04. The Kier molecular flexibility index (Phi) is 4.92. The summed E-state index contributed by atoms with van der Waals surface area (Å²) in [4.78, 5) is 15.1. The van der Waals surface area contributed by atoms with Gasteiger partial charge < -0.3 is 14.7 Å². The number of hydrogen-bond donors (Lipinski definition) is 1. The molecule has 5 heteroatoms. The number of rotatable bonds is 3. The van der Waals surface area contributed by atoms with E-state index < -0.39 is 11.5 Å². The Balaban J connectivity index is 1.84. The number of carbonyl (C=O) groups is 1. The molecule has 3 rings (SSSR count). The molecule has 0 spiro atoms. The summed E-state index contributed by atoms with van der Waals surface area (Å²) in [5.41, 5.74) is -0.518. The van der Waals surface area contributed by atoms with Gasteiger partial charge in [-0.15, -0.1) is 0 Å². The van der Waals surface area contributed by atoms with E-state index in [-0.39, 0.29) is 23.7 Å². The third-order valence-electron chi connectivity index (χ3n) is 5.50. The van der Waals surface area contributed by atoms with E-state index in [1.165, 1.54) is 6.07 Å². The van der Waals surface area contributed by atoms with E-state index in [4.69, 9.17) is 4.74 Å². The van der Waals surface area contributed by atoms with Gasteiger partial charge in [0.1, 0.15) is 5.82 Å². The summed E-state index contributed by atoms with van der Waals surface area (Å²) in [5.74, 6) is -0.484. The third kappa shape index (κ3) is 3.07. The van der Waals surface area contributed by atoms with Gasteiger partial charge in [-0.05, 0) is 39.2 Å². The minimum absolute atomic E-state index is 0.0288. The van der Waals surface area contributed by atoms with E-state index in [0.717, 1.165) is 12.8 Å². The molecule has 2 saturated heterocycles. The van der Waals surface area contributed by atoms with Gasteiger partial charge in [0.15, 0.2) is 0 Å². The van der Waals surface area contributed by atoms with Gasteiger partial charge >= 0.3 is 0 Å². The molecule has 4 nitrogen and oxygen atoms in total. The van der Waals surface area contributed by atoms with Crippen LogP contribution in [0.15, 0.2) is 24.3 Å². The molecule has 0 aliphatic carbocycles. The molecule has 1 aromatic carbocycles. The molecule has 1 aromatic rings. The highest BCUT2D eigenvalue weighted by Crippen LogP contribution is 2.35. The Labute approximate surface area is 142 Å². The second kappa shape index (κ2) is 6.81. The van der Waals surface area contributed by atoms with Crippen LogP contribution in [0, 0.1) is 11.7 Å². The van der Waals surface area contributed by atoms with Gasteiger partial charge in [-0.2, -0.15) is 0 Å². The van der Waals surface area contributed by atoms with E-state index in [1.54, 1.807) is 32.0 Å². The van der Waals surface area contributed by atoms with Crippen LogP contribution < -0.4 is 0 Å². The van der Waals surface area contributed by atoms with Crippen LogP contribution in [0.2, 0.25) is 0 Å². The zero-order chi connectivity index (χ0) is 17.3. The van der Waals surface area contributed by atoms with Gasteiger partial charge in [0.25, 0.3) is 0 Å². The lowest BCUT2D eigenvalue weighted by Gasteiger charge is -2.40. The quantitative estimate of drug-likeness (QED) is 0.923. The molecular weight excluding hydrogens is 309 g/mol. The SMILES string of the molecule is CC(C)(C(=O)N1CCC[C@@H]1[C@@H]1COCC[C@H]1O)c1ccccc1F. The monoisotopic (exact) mass is 335 g/mol. The van der Waals surface area contributed by atoms with Crippen LogP contribution in [-0.4, -0.2) is 47.8 Å². The second-order valence-electron chi connectivity index (χ2n) is 7.41. The normalized spacial score (nSPS) is 28.2. The van der Waals surface area contributed by atoms with Gasteiger partial charge in [0, 0.05) is 30.7 Å². The zero-order valence-electron chi connectivity index (χ0n) is 14.4. The number of amides is 1. The van der Waals surface area contributed by atoms with Crippen LogP contribution in [0.4, 0.5) is 4.39 Å². The molecule has 0 saturated carbocycles. The van der Waals surface area contributed by atoms with Crippen LogP contribution in [0.5, 0.6) is 0 Å². The first kappa shape index (κ1) is 17.4. The zero-order valence-corrected chi connectivity index (χ0v) is 14.4. The predicted molar refractivity (Wildman–Crippen MR) is 89.1 cm³/mol. The lowest BCUT2D eigenvalue weighted by atomic mass is 9.81. The molecule has 2 fully saturated rings. The van der Waals surface area contributed by atoms with Crippen LogP contribution >= 0.6 is 0 Å². The fourth-order valence-electron chi connectivity index (χ4n) is 4.05. The highest BCUT2D eigenvalue weighted by atomic mass is 19.1. The van der Waals surface area contributed by atoms with E-state index in [1.807, 2.05) is 4.90 Å². The molecule has 1 N–H and O–H groups in total. The number of hydrogen-bond acceptors (Lipinski definition) is 3. The molecule has 0 unspecified atom stereocenters. The Hall–Kier alpha value is -1.46. The third-order valence-corrected chi connectivity index (χ3v) is 5.50. The molecule has 0 bridgehead atoms. The molecule has 132 valence electrons. The molecule has 3 atom stereocenters. The lowest BCUT2D eigenvalue weighted by Crippen LogP contribution is -2.52. The molecule has 2 aliphatic heterocycles. The van der Waals surface area contributed by atoms with E-state index in [9.17, 15) is 14.3 Å². The van der Waals surface area contributed by atoms with Crippen molar-refractivity contribution in [2.45, 2.75) is 50.7 Å². The predicted octanol–water partition coefficient (Wildman–Crippen LogP) is 2.49. The minimum Gasteiger partial charge on any atom is -0.393 e. The highest BCUT2D eigenvalue weighted by molar-refractivity contribution is 5.88. The van der Waals surface area contributed by atoms with Crippen LogP contribution in [-0.2, 0) is 14.9 Å². The summed E-state index contributed by atoms with van der Waals surface area (Å²) < 4.78 is 19.7. The Morgan fingerprint density at radius 3 is 2.79 bits per heavy atom. The maximum absolute atomic E-state index is 14.2. The fraction of sp³-hybridized carbons (Fsp3) is 0.632. The Morgan fingerprint density at radius 1 is 1.33 bits per heavy atom. The van der Waals surface area contributed by atoms with Crippen molar-refractivity contribution in [3.63, 3.8) is 0 Å². The summed E-state index contributed by atoms with van der Waals surface area (Å²) in [6.07, 6.45) is 1.95. The summed E-state index contributed by atoms with van der Waals surface area (Å²) in [6.45, 7) is 5.26. The van der Waals surface area contributed by atoms with Crippen LogP contribution in [0.25, 0.3) is 0 Å². The maximum Gasteiger partial charge on any atom is 0.233 e. The van der Waals surface area contributed by atoms with Crippen molar-refractivity contribution in [2.75, 3.05) is 19.8 Å². The number of likely N-dealkylation sites (tertiary alicyclic amines) is 1. The number of nitrogens with zero attached hydrogens (tertiary/aromatic N) is 1. The topological polar surface area (TPSA) is 49.8 Å². The van der Waals surface area contributed by atoms with Crippen molar-refractivity contribution in [3.8, 4) is 0 Å². The van der Waals surface area contributed by atoms with Gasteiger partial charge in [0.05, 0.1) is 18.1 Å². The van der Waals surface area contributed by atoms with Gasteiger partial charge in [-0.3, -0.25) is 4.79 Å². The first-order chi connectivity index (χ1) is 11.4. The number of ether oxygens (including phenoxy) is 1. The smallest absolute Gasteiger partial charge is 0.233 e. The number of carbonyl (C=O) groups excluding carboxylic acids is 1. The molecule has 24 heavy (non-hydrogen) atoms. The van der Waals surface area contributed by atoms with Crippen LogP contribution in [0.3, 0.4) is 0 Å². The molecule has 0 aromatic heterocycles. The summed E-state index contributed by atoms with van der Waals surface area (Å²) in [6, 6.07) is 6.43. The maximum atomic E-state index is 14.2. The first-order valence-corrected chi connectivity index (χ1v) is 8.75. The number of benzene rings is 1. The first-order valence-electron chi connectivity index (χ1n) is 8.75. The molecule has 1 amide bonds. The highest BCUT2D eigenvalue weighted by Gasteiger charge is 2.44. The molecule has 2 aliphatic rings. The van der Waals surface area contributed by atoms with Crippen molar-refractivity contribution in [1.82, 2.24) is 4.90 Å². The van der Waals surface area contributed by atoms with Crippen LogP contribution in [0.1, 0.15) is 38.7 Å². The summed E-state index contributed by atoms with van der Waals surface area (Å²) in [7, 11) is 0. The Bertz CT molecular complexity index is 604. The Morgan fingerprint density at radius 2 is 2.08 bits per heavy atom. The van der Waals surface area contributed by atoms with E-state index in [2.05, 4.69) is 0 Å². The standard InChI is InChI=1S/C19H26FNO3/c1-19(2,14-6-3-4-7-15(14)20)18(23)21-10-5-8-16(21)13-12-24-11-9-17(13)22/h3-4,6-7,13,16-17,22H,5,8-12H2,1-2H3/t13-,16+,17+/m0/s1. The van der Waals surface area contributed by atoms with Crippen molar-refractivity contribution in [2.24, 2.45) is 5.92 Å². The number of aliphatic hydroxyl groups is 1. The summed E-state index contributed by atoms with van der Waals surface area (Å²) >= 11 is 0.